The van der Waals surface area contributed by atoms with E-state index in [1.165, 1.54) is 0 Å². The van der Waals surface area contributed by atoms with Gasteiger partial charge >= 0.3 is 0 Å². The van der Waals surface area contributed by atoms with Crippen LogP contribution >= 0.6 is 0 Å². The number of benzene rings is 2. The van der Waals surface area contributed by atoms with Gasteiger partial charge in [0, 0.05) is 61.2 Å². The summed E-state index contributed by atoms with van der Waals surface area (Å²) in [6.07, 6.45) is 2.55. The summed E-state index contributed by atoms with van der Waals surface area (Å²) in [5.41, 5.74) is 2.27. The van der Waals surface area contributed by atoms with E-state index in [0.29, 0.717) is 67.4 Å². The molecule has 37 heavy (non-hydrogen) atoms. The van der Waals surface area contributed by atoms with Crippen LogP contribution in [0.5, 0.6) is 0 Å². The lowest BCUT2D eigenvalue weighted by Gasteiger charge is -2.28. The van der Waals surface area contributed by atoms with E-state index in [1.54, 1.807) is 30.2 Å². The highest BCUT2D eigenvalue weighted by atomic mass is 19.2. The third-order valence-electron chi connectivity index (χ3n) is 6.96. The first kappa shape index (κ1) is 25.2. The van der Waals surface area contributed by atoms with E-state index in [-0.39, 0.29) is 17.6 Å². The molecule has 11 heteroatoms. The first-order chi connectivity index (χ1) is 17.8. The third kappa shape index (κ3) is 5.19. The van der Waals surface area contributed by atoms with Crippen LogP contribution in [0.1, 0.15) is 35.3 Å². The number of halogens is 3. The van der Waals surface area contributed by atoms with Crippen LogP contribution in [0.2, 0.25) is 0 Å². The van der Waals surface area contributed by atoms with Gasteiger partial charge in [-0.05, 0) is 32.5 Å². The molecule has 1 aromatic heterocycles. The van der Waals surface area contributed by atoms with Crippen molar-refractivity contribution in [2.45, 2.75) is 25.4 Å². The monoisotopic (exact) mass is 514 g/mol. The molecule has 0 aliphatic carbocycles. The van der Waals surface area contributed by atoms with E-state index in [1.807, 2.05) is 7.05 Å². The highest BCUT2D eigenvalue weighted by Crippen LogP contribution is 2.30. The zero-order chi connectivity index (χ0) is 26.1. The molecule has 0 saturated carbocycles. The maximum atomic E-state index is 13.9. The number of carbonyl (C=O) groups is 1. The van der Waals surface area contributed by atoms with Crippen LogP contribution in [0, 0.1) is 17.5 Å². The summed E-state index contributed by atoms with van der Waals surface area (Å²) in [6, 6.07) is 5.00. The maximum absolute atomic E-state index is 13.9. The van der Waals surface area contributed by atoms with E-state index in [4.69, 9.17) is 9.72 Å². The zero-order valence-corrected chi connectivity index (χ0v) is 20.7. The van der Waals surface area contributed by atoms with Crippen molar-refractivity contribution in [2.75, 3.05) is 56.7 Å². The average molecular weight is 515 g/mol. The fourth-order valence-electron chi connectivity index (χ4n) is 4.86. The number of nitrogens with one attached hydrogen (secondary N) is 2. The van der Waals surface area contributed by atoms with Crippen molar-refractivity contribution < 1.29 is 22.7 Å². The molecule has 2 fully saturated rings. The molecule has 2 aromatic carbocycles. The minimum atomic E-state index is -1.53. The van der Waals surface area contributed by atoms with Gasteiger partial charge in [0.05, 0.1) is 36.5 Å². The quantitative estimate of drug-likeness (QED) is 0.488. The van der Waals surface area contributed by atoms with Crippen LogP contribution in [-0.2, 0) is 4.74 Å². The molecule has 2 aliphatic rings. The fraction of sp³-hybridized carbons (Fsp3) is 0.423. The largest absolute Gasteiger partial charge is 0.378 e. The number of morpholine rings is 1. The van der Waals surface area contributed by atoms with Gasteiger partial charge < -0.3 is 25.2 Å². The van der Waals surface area contributed by atoms with E-state index in [0.717, 1.165) is 18.6 Å². The number of anilines is 2. The highest BCUT2D eigenvalue weighted by molar-refractivity contribution is 5.98. The molecule has 1 unspecified atom stereocenters. The van der Waals surface area contributed by atoms with Crippen LogP contribution in [0.3, 0.4) is 0 Å². The number of aromatic nitrogens is 2. The van der Waals surface area contributed by atoms with E-state index in [2.05, 4.69) is 20.5 Å². The average Bonchev–Trinajstić information content (AvgIpc) is 3.40. The normalized spacial score (nSPS) is 18.9. The second-order valence-electron chi connectivity index (χ2n) is 9.41. The second kappa shape index (κ2) is 10.5. The van der Waals surface area contributed by atoms with Crippen molar-refractivity contribution in [3.63, 3.8) is 0 Å². The Morgan fingerprint density at radius 1 is 1.11 bits per heavy atom. The maximum Gasteiger partial charge on any atom is 0.253 e. The molecular formula is C26H29F3N6O2. The van der Waals surface area contributed by atoms with Crippen molar-refractivity contribution in [1.82, 2.24) is 20.2 Å². The third-order valence-corrected chi connectivity index (χ3v) is 6.96. The lowest BCUT2D eigenvalue weighted by Crippen LogP contribution is -2.36. The van der Waals surface area contributed by atoms with Gasteiger partial charge in [-0.2, -0.15) is 0 Å². The summed E-state index contributed by atoms with van der Waals surface area (Å²) in [5.74, 6) is -3.54. The van der Waals surface area contributed by atoms with E-state index in [9.17, 15) is 18.0 Å². The van der Waals surface area contributed by atoms with Crippen LogP contribution < -0.4 is 15.5 Å². The number of likely N-dealkylation sites (N-methyl/N-ethyl adjacent to an activating group) is 1. The lowest BCUT2D eigenvalue weighted by molar-refractivity contribution is 0.0789. The molecule has 0 bridgehead atoms. The van der Waals surface area contributed by atoms with Gasteiger partial charge in [-0.25, -0.2) is 18.2 Å². The molecule has 5 rings (SSSR count). The van der Waals surface area contributed by atoms with Crippen molar-refractivity contribution >= 4 is 28.4 Å². The number of nitrogens with zero attached hydrogens (tertiary/aromatic N) is 4. The number of rotatable bonds is 6. The number of hydrogen-bond acceptors (Lipinski definition) is 7. The molecule has 196 valence electrons. The Labute approximate surface area is 212 Å². The number of fused-ring (bicyclic) bond motifs is 1. The molecule has 3 heterocycles. The number of amides is 1. The Balaban J connectivity index is 1.54. The molecule has 0 radical (unpaired) electrons. The zero-order valence-electron chi connectivity index (χ0n) is 20.7. The van der Waals surface area contributed by atoms with E-state index < -0.39 is 23.5 Å². The molecule has 1 amide bonds. The summed E-state index contributed by atoms with van der Waals surface area (Å²) in [5, 5.41) is 6.24. The second-order valence-corrected chi connectivity index (χ2v) is 9.41. The van der Waals surface area contributed by atoms with Crippen molar-refractivity contribution in [3.8, 4) is 0 Å². The lowest BCUT2D eigenvalue weighted by atomic mass is 10.0. The minimum Gasteiger partial charge on any atom is -0.378 e. The van der Waals surface area contributed by atoms with E-state index >= 15 is 0 Å². The minimum absolute atomic E-state index is 0.0717. The summed E-state index contributed by atoms with van der Waals surface area (Å²) in [4.78, 5) is 26.7. The molecule has 3 aromatic rings. The first-order valence-corrected chi connectivity index (χ1v) is 12.3. The molecule has 0 spiro atoms. The SMILES string of the molecule is CN[C@H]1CCN(C(=O)c2cc(C(C)Nc3cc(F)c(F)c(F)c3)c3nc(N4CCOCC4)cnc3c2)C1. The molecular weight excluding hydrogens is 485 g/mol. The summed E-state index contributed by atoms with van der Waals surface area (Å²) < 4.78 is 46.6. The smallest absolute Gasteiger partial charge is 0.253 e. The Bertz CT molecular complexity index is 1290. The predicted octanol–water partition coefficient (Wildman–Crippen LogP) is 3.49. The van der Waals surface area contributed by atoms with Crippen molar-refractivity contribution in [1.29, 1.82) is 0 Å². The fourth-order valence-corrected chi connectivity index (χ4v) is 4.86. The van der Waals surface area contributed by atoms with Crippen molar-refractivity contribution in [3.05, 3.63) is 59.0 Å². The Hall–Kier alpha value is -3.44. The van der Waals surface area contributed by atoms with Crippen LogP contribution in [0.15, 0.2) is 30.5 Å². The Kier molecular flexibility index (Phi) is 7.16. The molecule has 2 saturated heterocycles. The molecule has 2 atom stereocenters. The number of likely N-dealkylation sites (tertiary alicyclic amines) is 1. The van der Waals surface area contributed by atoms with Crippen LogP contribution in [0.25, 0.3) is 11.0 Å². The first-order valence-electron chi connectivity index (χ1n) is 12.3. The topological polar surface area (TPSA) is 82.6 Å². The summed E-state index contributed by atoms with van der Waals surface area (Å²) in [7, 11) is 1.88. The standard InChI is InChI=1S/C26H29F3N6O2/c1-15(32-18-11-20(27)24(29)21(28)12-18)19-9-16(26(36)35-4-3-17(14-35)30-2)10-22-25(19)33-23(13-31-22)34-5-7-37-8-6-34/h9-13,15,17,30,32H,3-8,14H2,1-2H3/t15?,17-/m0/s1. The van der Waals surface area contributed by atoms with Gasteiger partial charge in [-0.1, -0.05) is 0 Å². The van der Waals surface area contributed by atoms with Gasteiger partial charge in [0.15, 0.2) is 17.5 Å². The Morgan fingerprint density at radius 3 is 2.51 bits per heavy atom. The van der Waals surface area contributed by atoms with Crippen LogP contribution in [-0.4, -0.2) is 73.3 Å². The summed E-state index contributed by atoms with van der Waals surface area (Å²) >= 11 is 0. The van der Waals surface area contributed by atoms with Crippen LogP contribution in [0.4, 0.5) is 24.7 Å². The number of ether oxygens (including phenoxy) is 1. The molecule has 8 nitrogen and oxygen atoms in total. The van der Waals surface area contributed by atoms with Gasteiger partial charge in [0.2, 0.25) is 0 Å². The number of hydrogen-bond donors (Lipinski definition) is 2. The predicted molar refractivity (Wildman–Crippen MR) is 134 cm³/mol. The summed E-state index contributed by atoms with van der Waals surface area (Å²) in [6.45, 7) is 5.56. The van der Waals surface area contributed by atoms with Gasteiger partial charge in [0.25, 0.3) is 5.91 Å². The Morgan fingerprint density at radius 2 is 1.84 bits per heavy atom. The van der Waals surface area contributed by atoms with Gasteiger partial charge in [-0.3, -0.25) is 9.78 Å². The molecule has 2 N–H and O–H groups in total. The number of carbonyl (C=O) groups excluding carboxylic acids is 1. The van der Waals surface area contributed by atoms with Gasteiger partial charge in [-0.15, -0.1) is 0 Å². The van der Waals surface area contributed by atoms with Crippen molar-refractivity contribution in [2.24, 2.45) is 0 Å². The molecule has 2 aliphatic heterocycles. The highest BCUT2D eigenvalue weighted by Gasteiger charge is 2.27. The van der Waals surface area contributed by atoms with Gasteiger partial charge in [0.1, 0.15) is 5.82 Å².